The van der Waals surface area contributed by atoms with Crippen LogP contribution in [0.4, 0.5) is 5.69 Å². The molecule has 1 N–H and O–H groups in total. The van der Waals surface area contributed by atoms with Gasteiger partial charge in [0, 0.05) is 6.04 Å². The Labute approximate surface area is 146 Å². The van der Waals surface area contributed by atoms with Crippen molar-refractivity contribution < 1.29 is 14.3 Å². The molecule has 0 aromatic heterocycles. The number of carbonyl (C=O) groups excluding carboxylic acids is 2. The fourth-order valence-corrected chi connectivity index (χ4v) is 3.44. The Balaban J connectivity index is 1.78. The number of amides is 2. The first-order valence-electron chi connectivity index (χ1n) is 8.31. The zero-order valence-electron chi connectivity index (χ0n) is 13.7. The van der Waals surface area contributed by atoms with Crippen LogP contribution in [0.1, 0.15) is 38.5 Å². The number of nitrogens with one attached hydrogen (secondary N) is 1. The predicted octanol–water partition coefficient (Wildman–Crippen LogP) is 3.33. The van der Waals surface area contributed by atoms with Gasteiger partial charge in [-0.05, 0) is 37.1 Å². The van der Waals surface area contributed by atoms with E-state index in [2.05, 4.69) is 5.32 Å². The number of rotatable bonds is 4. The van der Waals surface area contributed by atoms with Gasteiger partial charge in [0.1, 0.15) is 16.5 Å². The van der Waals surface area contributed by atoms with Crippen LogP contribution in [0.25, 0.3) is 0 Å². The number of halogens is 1. The van der Waals surface area contributed by atoms with Gasteiger partial charge in [0.15, 0.2) is 0 Å². The van der Waals surface area contributed by atoms with Crippen LogP contribution in [0.5, 0.6) is 5.75 Å². The van der Waals surface area contributed by atoms with E-state index in [0.717, 1.165) is 30.6 Å². The number of benzene rings is 1. The summed E-state index contributed by atoms with van der Waals surface area (Å²) in [5.41, 5.74) is 0.714. The molecule has 3 rings (SSSR count). The van der Waals surface area contributed by atoms with Crippen molar-refractivity contribution in [2.75, 3.05) is 12.0 Å². The van der Waals surface area contributed by atoms with Gasteiger partial charge in [-0.1, -0.05) is 37.3 Å². The lowest BCUT2D eigenvalue weighted by molar-refractivity contribution is -0.120. The second-order valence-electron chi connectivity index (χ2n) is 6.17. The molecule has 6 heteroatoms. The first-order chi connectivity index (χ1) is 11.6. The Hall–Kier alpha value is -2.01. The summed E-state index contributed by atoms with van der Waals surface area (Å²) in [6.45, 7) is 0. The van der Waals surface area contributed by atoms with E-state index in [1.807, 2.05) is 0 Å². The van der Waals surface area contributed by atoms with E-state index in [-0.39, 0.29) is 22.7 Å². The Bertz CT molecular complexity index is 661. The van der Waals surface area contributed by atoms with Gasteiger partial charge in [-0.2, -0.15) is 0 Å². The molecule has 0 spiro atoms. The van der Waals surface area contributed by atoms with Crippen LogP contribution in [0.15, 0.2) is 35.0 Å². The van der Waals surface area contributed by atoms with Gasteiger partial charge in [0.25, 0.3) is 11.8 Å². The summed E-state index contributed by atoms with van der Waals surface area (Å²) in [7, 11) is 1.56. The smallest absolute Gasteiger partial charge is 0.283 e. The maximum Gasteiger partial charge on any atom is 0.283 e. The van der Waals surface area contributed by atoms with Crippen molar-refractivity contribution in [3.8, 4) is 5.75 Å². The highest BCUT2D eigenvalue weighted by Gasteiger charge is 2.39. The Morgan fingerprint density at radius 3 is 2.25 bits per heavy atom. The molecule has 0 radical (unpaired) electrons. The van der Waals surface area contributed by atoms with E-state index >= 15 is 0 Å². The first-order valence-corrected chi connectivity index (χ1v) is 8.68. The first kappa shape index (κ1) is 16.8. The molecule has 1 saturated carbocycles. The van der Waals surface area contributed by atoms with Gasteiger partial charge < -0.3 is 10.1 Å². The van der Waals surface area contributed by atoms with E-state index < -0.39 is 5.91 Å². The monoisotopic (exact) mass is 348 g/mol. The minimum atomic E-state index is -0.483. The van der Waals surface area contributed by atoms with Crippen LogP contribution < -0.4 is 15.0 Å². The lowest BCUT2D eigenvalue weighted by Gasteiger charge is -2.19. The van der Waals surface area contributed by atoms with Crippen molar-refractivity contribution in [3.05, 3.63) is 35.0 Å². The highest BCUT2D eigenvalue weighted by Crippen LogP contribution is 2.30. The summed E-state index contributed by atoms with van der Waals surface area (Å²) >= 11 is 6.17. The van der Waals surface area contributed by atoms with E-state index in [9.17, 15) is 9.59 Å². The van der Waals surface area contributed by atoms with Crippen molar-refractivity contribution >= 4 is 29.1 Å². The minimum Gasteiger partial charge on any atom is -0.497 e. The highest BCUT2D eigenvalue weighted by atomic mass is 35.5. The van der Waals surface area contributed by atoms with Gasteiger partial charge >= 0.3 is 0 Å². The molecule has 1 aliphatic carbocycles. The maximum atomic E-state index is 12.7. The molecule has 24 heavy (non-hydrogen) atoms. The molecule has 1 fully saturated rings. The predicted molar refractivity (Wildman–Crippen MR) is 93.0 cm³/mol. The summed E-state index contributed by atoms with van der Waals surface area (Å²) in [5.74, 6) is -0.212. The molecular formula is C18H21ClN2O3. The highest BCUT2D eigenvalue weighted by molar-refractivity contribution is 6.52. The largest absolute Gasteiger partial charge is 0.497 e. The van der Waals surface area contributed by atoms with Crippen molar-refractivity contribution in [1.82, 2.24) is 5.32 Å². The summed E-state index contributed by atoms with van der Waals surface area (Å²) in [5, 5.41) is 3.19. The average Bonchev–Trinajstić information content (AvgIpc) is 2.81. The summed E-state index contributed by atoms with van der Waals surface area (Å²) in [6, 6.07) is 6.96. The van der Waals surface area contributed by atoms with E-state index in [4.69, 9.17) is 16.3 Å². The van der Waals surface area contributed by atoms with E-state index in [1.165, 1.54) is 12.8 Å². The SMILES string of the molecule is COc1ccc(N2C(=O)C(Cl)=C(NC3CCCCCC3)C2=O)cc1. The van der Waals surface area contributed by atoms with E-state index in [1.54, 1.807) is 31.4 Å². The molecule has 128 valence electrons. The lowest BCUT2D eigenvalue weighted by Crippen LogP contribution is -2.36. The van der Waals surface area contributed by atoms with Gasteiger partial charge in [-0.25, -0.2) is 4.90 Å². The van der Waals surface area contributed by atoms with Crippen molar-refractivity contribution in [3.63, 3.8) is 0 Å². The number of hydrogen-bond acceptors (Lipinski definition) is 4. The summed E-state index contributed by atoms with van der Waals surface area (Å²) in [6.07, 6.45) is 6.70. The van der Waals surface area contributed by atoms with Gasteiger partial charge in [0.2, 0.25) is 0 Å². The summed E-state index contributed by atoms with van der Waals surface area (Å²) in [4.78, 5) is 26.3. The number of methoxy groups -OCH3 is 1. The molecule has 0 unspecified atom stereocenters. The minimum absolute atomic E-state index is 0.0277. The number of nitrogens with zero attached hydrogens (tertiary/aromatic N) is 1. The molecule has 1 aliphatic heterocycles. The van der Waals surface area contributed by atoms with E-state index in [0.29, 0.717) is 11.4 Å². The van der Waals surface area contributed by atoms with Gasteiger partial charge in [-0.15, -0.1) is 0 Å². The van der Waals surface area contributed by atoms with Crippen LogP contribution in [-0.4, -0.2) is 25.0 Å². The van der Waals surface area contributed by atoms with Gasteiger partial charge in [0.05, 0.1) is 12.8 Å². The second kappa shape index (κ2) is 7.26. The number of ether oxygens (including phenoxy) is 1. The molecular weight excluding hydrogens is 328 g/mol. The van der Waals surface area contributed by atoms with Crippen LogP contribution >= 0.6 is 11.6 Å². The van der Waals surface area contributed by atoms with Crippen LogP contribution in [0.3, 0.4) is 0 Å². The Morgan fingerprint density at radius 2 is 1.67 bits per heavy atom. The molecule has 2 amide bonds. The second-order valence-corrected chi connectivity index (χ2v) is 6.54. The molecule has 1 aromatic carbocycles. The molecule has 0 atom stereocenters. The molecule has 1 heterocycles. The maximum absolute atomic E-state index is 12.7. The third-order valence-corrected chi connectivity index (χ3v) is 4.91. The Morgan fingerprint density at radius 1 is 1.04 bits per heavy atom. The number of hydrogen-bond donors (Lipinski definition) is 1. The molecule has 5 nitrogen and oxygen atoms in total. The third-order valence-electron chi connectivity index (χ3n) is 4.56. The topological polar surface area (TPSA) is 58.6 Å². The van der Waals surface area contributed by atoms with Crippen LogP contribution in [0.2, 0.25) is 0 Å². The third kappa shape index (κ3) is 3.26. The zero-order chi connectivity index (χ0) is 17.1. The van der Waals surface area contributed by atoms with Crippen molar-refractivity contribution in [2.24, 2.45) is 0 Å². The summed E-state index contributed by atoms with van der Waals surface area (Å²) < 4.78 is 5.10. The zero-order valence-corrected chi connectivity index (χ0v) is 14.4. The quantitative estimate of drug-likeness (QED) is 0.669. The fourth-order valence-electron chi connectivity index (χ4n) is 3.22. The number of imide groups is 1. The molecule has 2 aliphatic rings. The number of carbonyl (C=O) groups is 2. The molecule has 0 saturated heterocycles. The fraction of sp³-hybridized carbons (Fsp3) is 0.444. The van der Waals surface area contributed by atoms with Crippen molar-refractivity contribution in [2.45, 2.75) is 44.6 Å². The average molecular weight is 349 g/mol. The van der Waals surface area contributed by atoms with Crippen molar-refractivity contribution in [1.29, 1.82) is 0 Å². The standard InChI is InChI=1S/C18H21ClN2O3/c1-24-14-10-8-13(9-11-14)21-17(22)15(19)16(18(21)23)20-12-6-4-2-3-5-7-12/h8-12,20H,2-7H2,1H3. The lowest BCUT2D eigenvalue weighted by atomic mass is 10.1. The van der Waals surface area contributed by atoms with Crippen LogP contribution in [-0.2, 0) is 9.59 Å². The molecule has 0 bridgehead atoms. The Kier molecular flexibility index (Phi) is 5.09. The molecule has 1 aromatic rings. The van der Waals surface area contributed by atoms with Crippen LogP contribution in [0, 0.1) is 0 Å². The number of anilines is 1. The normalized spacial score (nSPS) is 19.7. The van der Waals surface area contributed by atoms with Gasteiger partial charge in [-0.3, -0.25) is 9.59 Å².